The number of halogens is 1. The van der Waals surface area contributed by atoms with Crippen molar-refractivity contribution in [3.63, 3.8) is 0 Å². The molecule has 30 heavy (non-hydrogen) atoms. The number of imidazole rings is 1. The lowest BCUT2D eigenvalue weighted by Crippen LogP contribution is -2.31. The molecule has 0 spiro atoms. The van der Waals surface area contributed by atoms with Crippen LogP contribution < -0.4 is 0 Å². The zero-order chi connectivity index (χ0) is 21.1. The molecule has 1 atom stereocenters. The summed E-state index contributed by atoms with van der Waals surface area (Å²) in [5, 5.41) is 11.5. The number of aliphatic hydroxyl groups excluding tert-OH is 1. The van der Waals surface area contributed by atoms with Crippen molar-refractivity contribution in [2.75, 3.05) is 6.54 Å². The van der Waals surface area contributed by atoms with E-state index in [0.717, 1.165) is 5.56 Å². The predicted molar refractivity (Wildman–Crippen MR) is 114 cm³/mol. The van der Waals surface area contributed by atoms with Crippen molar-refractivity contribution < 1.29 is 14.7 Å². The quantitative estimate of drug-likeness (QED) is 0.370. The molecule has 7 heteroatoms. The monoisotopic (exact) mass is 421 g/mol. The van der Waals surface area contributed by atoms with E-state index in [1.54, 1.807) is 61.1 Å². The van der Waals surface area contributed by atoms with E-state index in [1.165, 1.54) is 4.90 Å². The molecule has 1 aromatic heterocycles. The van der Waals surface area contributed by atoms with E-state index < -0.39 is 17.7 Å². The smallest absolute Gasteiger partial charge is 0.295 e. The third kappa shape index (κ3) is 3.86. The summed E-state index contributed by atoms with van der Waals surface area (Å²) in [6, 6.07) is 15.1. The lowest BCUT2D eigenvalue weighted by atomic mass is 9.95. The van der Waals surface area contributed by atoms with Gasteiger partial charge in [-0.15, -0.1) is 0 Å². The fourth-order valence-corrected chi connectivity index (χ4v) is 3.82. The van der Waals surface area contributed by atoms with Crippen LogP contribution in [0.25, 0.3) is 5.76 Å². The molecule has 0 radical (unpaired) electrons. The summed E-state index contributed by atoms with van der Waals surface area (Å²) in [7, 11) is 0. The standard InChI is InChI=1S/C23H20ClN3O3/c24-18-9-7-16(8-10-18)20-19(21(28)17-5-2-1-3-6-17)22(29)23(30)27(20)13-4-12-26-14-11-25-15-26/h1-3,5-11,14-15,20,28H,4,12-13H2/b21-19+/t20-/m1/s1. The van der Waals surface area contributed by atoms with Gasteiger partial charge in [0.2, 0.25) is 0 Å². The first-order chi connectivity index (χ1) is 14.6. The van der Waals surface area contributed by atoms with Gasteiger partial charge in [0.25, 0.3) is 11.7 Å². The number of ketones is 1. The SMILES string of the molecule is O=C1C(=O)N(CCCn2ccnc2)[C@H](c2ccc(Cl)cc2)/C1=C(\O)c1ccccc1. The number of rotatable bonds is 6. The van der Waals surface area contributed by atoms with Crippen molar-refractivity contribution in [3.8, 4) is 0 Å². The Morgan fingerprint density at radius 1 is 1.03 bits per heavy atom. The minimum atomic E-state index is -0.682. The molecule has 0 unspecified atom stereocenters. The minimum Gasteiger partial charge on any atom is -0.507 e. The second kappa shape index (κ2) is 8.55. The number of likely N-dealkylation sites (tertiary alicyclic amines) is 1. The van der Waals surface area contributed by atoms with Crippen LogP contribution in [-0.2, 0) is 16.1 Å². The number of aryl methyl sites for hydroxylation is 1. The molecule has 2 heterocycles. The van der Waals surface area contributed by atoms with E-state index in [4.69, 9.17) is 11.6 Å². The summed E-state index contributed by atoms with van der Waals surface area (Å²) >= 11 is 6.03. The van der Waals surface area contributed by atoms with Crippen molar-refractivity contribution in [2.24, 2.45) is 0 Å². The molecular formula is C23H20ClN3O3. The fraction of sp³-hybridized carbons (Fsp3) is 0.174. The molecule has 1 fully saturated rings. The highest BCUT2D eigenvalue weighted by molar-refractivity contribution is 6.46. The van der Waals surface area contributed by atoms with E-state index in [2.05, 4.69) is 4.98 Å². The van der Waals surface area contributed by atoms with Crippen LogP contribution in [0.15, 0.2) is 78.9 Å². The number of carbonyl (C=O) groups is 2. The average Bonchev–Trinajstić information content (AvgIpc) is 3.37. The van der Waals surface area contributed by atoms with E-state index in [0.29, 0.717) is 30.1 Å². The molecule has 1 aliphatic rings. The molecule has 0 aliphatic carbocycles. The third-order valence-corrected chi connectivity index (χ3v) is 5.40. The Kier molecular flexibility index (Phi) is 5.68. The largest absolute Gasteiger partial charge is 0.507 e. The number of hydrogen-bond donors (Lipinski definition) is 1. The number of carbonyl (C=O) groups excluding carboxylic acids is 2. The van der Waals surface area contributed by atoms with Crippen LogP contribution in [0.1, 0.15) is 23.6 Å². The van der Waals surface area contributed by atoms with Gasteiger partial charge in [-0.1, -0.05) is 54.1 Å². The third-order valence-electron chi connectivity index (χ3n) is 5.15. The van der Waals surface area contributed by atoms with Gasteiger partial charge in [0.05, 0.1) is 17.9 Å². The zero-order valence-corrected chi connectivity index (χ0v) is 16.9. The summed E-state index contributed by atoms with van der Waals surface area (Å²) in [4.78, 5) is 31.3. The molecule has 4 rings (SSSR count). The highest BCUT2D eigenvalue weighted by Gasteiger charge is 2.45. The molecule has 152 valence electrons. The second-order valence-electron chi connectivity index (χ2n) is 7.06. The van der Waals surface area contributed by atoms with Crippen LogP contribution in [0.4, 0.5) is 0 Å². The van der Waals surface area contributed by atoms with Gasteiger partial charge in [-0.05, 0) is 24.1 Å². The van der Waals surface area contributed by atoms with Gasteiger partial charge in [-0.3, -0.25) is 9.59 Å². The number of aromatic nitrogens is 2. The van der Waals surface area contributed by atoms with Gasteiger partial charge in [0.1, 0.15) is 5.76 Å². The molecule has 0 bridgehead atoms. The maximum absolute atomic E-state index is 12.9. The summed E-state index contributed by atoms with van der Waals surface area (Å²) in [5.41, 5.74) is 1.31. The van der Waals surface area contributed by atoms with E-state index in [-0.39, 0.29) is 11.3 Å². The maximum Gasteiger partial charge on any atom is 0.295 e. The van der Waals surface area contributed by atoms with Crippen LogP contribution in [0.2, 0.25) is 5.02 Å². The number of benzene rings is 2. The fourth-order valence-electron chi connectivity index (χ4n) is 3.70. The Morgan fingerprint density at radius 3 is 2.43 bits per heavy atom. The predicted octanol–water partition coefficient (Wildman–Crippen LogP) is 4.05. The lowest BCUT2D eigenvalue weighted by molar-refractivity contribution is -0.139. The van der Waals surface area contributed by atoms with Crippen molar-refractivity contribution >= 4 is 29.1 Å². The van der Waals surface area contributed by atoms with Gasteiger partial charge in [0, 0.05) is 36.1 Å². The van der Waals surface area contributed by atoms with Gasteiger partial charge >= 0.3 is 0 Å². The Balaban J connectivity index is 1.72. The number of amides is 1. The lowest BCUT2D eigenvalue weighted by Gasteiger charge is -2.25. The molecule has 3 aromatic rings. The number of Topliss-reactive ketones (excluding diaryl/α,β-unsaturated/α-hetero) is 1. The van der Waals surface area contributed by atoms with Gasteiger partial charge in [0.15, 0.2) is 0 Å². The maximum atomic E-state index is 12.9. The van der Waals surface area contributed by atoms with Crippen LogP contribution in [0.5, 0.6) is 0 Å². The molecule has 0 saturated carbocycles. The molecule has 2 aromatic carbocycles. The van der Waals surface area contributed by atoms with E-state index in [9.17, 15) is 14.7 Å². The Morgan fingerprint density at radius 2 is 1.77 bits per heavy atom. The van der Waals surface area contributed by atoms with Crippen LogP contribution in [0, 0.1) is 0 Å². The Labute approximate surface area is 179 Å². The Bertz CT molecular complexity index is 1080. The summed E-state index contributed by atoms with van der Waals surface area (Å²) in [6.07, 6.45) is 5.89. The average molecular weight is 422 g/mol. The van der Waals surface area contributed by atoms with Crippen molar-refractivity contribution in [1.29, 1.82) is 0 Å². The van der Waals surface area contributed by atoms with Gasteiger partial charge in [-0.2, -0.15) is 0 Å². The number of nitrogens with zero attached hydrogens (tertiary/aromatic N) is 3. The Hall–Kier alpha value is -3.38. The van der Waals surface area contributed by atoms with Crippen LogP contribution in [0.3, 0.4) is 0 Å². The first kappa shape index (κ1) is 19.9. The van der Waals surface area contributed by atoms with E-state index in [1.807, 2.05) is 16.8 Å². The van der Waals surface area contributed by atoms with Gasteiger partial charge < -0.3 is 14.6 Å². The van der Waals surface area contributed by atoms with Gasteiger partial charge in [-0.25, -0.2) is 4.98 Å². The first-order valence-electron chi connectivity index (χ1n) is 9.61. The molecule has 1 aliphatic heterocycles. The summed E-state index contributed by atoms with van der Waals surface area (Å²) < 4.78 is 1.91. The molecule has 1 N–H and O–H groups in total. The molecule has 1 saturated heterocycles. The summed E-state index contributed by atoms with van der Waals surface area (Å²) in [6.45, 7) is 1.02. The molecular weight excluding hydrogens is 402 g/mol. The normalized spacial score (nSPS) is 18.2. The van der Waals surface area contributed by atoms with Crippen LogP contribution in [-0.4, -0.2) is 37.8 Å². The zero-order valence-electron chi connectivity index (χ0n) is 16.1. The molecule has 6 nitrogen and oxygen atoms in total. The number of aliphatic hydroxyl groups is 1. The topological polar surface area (TPSA) is 75.4 Å². The van der Waals surface area contributed by atoms with Crippen molar-refractivity contribution in [2.45, 2.75) is 19.0 Å². The highest BCUT2D eigenvalue weighted by Crippen LogP contribution is 2.39. The first-order valence-corrected chi connectivity index (χ1v) is 9.99. The van der Waals surface area contributed by atoms with E-state index >= 15 is 0 Å². The van der Waals surface area contributed by atoms with Crippen molar-refractivity contribution in [1.82, 2.24) is 14.5 Å². The molecule has 1 amide bonds. The number of hydrogen-bond acceptors (Lipinski definition) is 4. The highest BCUT2D eigenvalue weighted by atomic mass is 35.5. The minimum absolute atomic E-state index is 0.0937. The van der Waals surface area contributed by atoms with Crippen LogP contribution >= 0.6 is 11.6 Å². The van der Waals surface area contributed by atoms with Crippen molar-refractivity contribution in [3.05, 3.63) is 95.0 Å². The summed E-state index contributed by atoms with van der Waals surface area (Å²) in [5.74, 6) is -1.47. The second-order valence-corrected chi connectivity index (χ2v) is 7.50.